The third kappa shape index (κ3) is 2.97. The third-order valence-electron chi connectivity index (χ3n) is 1.71. The molecule has 0 bridgehead atoms. The minimum atomic E-state index is -1.03. The predicted molar refractivity (Wildman–Crippen MR) is 47.6 cm³/mol. The largest absolute Gasteiger partial charge is 0.481 e. The van der Waals surface area contributed by atoms with Gasteiger partial charge in [0.1, 0.15) is 5.82 Å². The molecule has 0 saturated heterocycles. The Bertz CT molecular complexity index is 360. The molecule has 0 aliphatic heterocycles. The quantitative estimate of drug-likeness (QED) is 0.748. The number of benzene rings is 1. The Labute approximate surface area is 80.2 Å². The first-order valence-corrected chi connectivity index (χ1v) is 4.10. The zero-order valence-electron chi connectivity index (χ0n) is 7.37. The molecule has 0 unspecified atom stereocenters. The van der Waals surface area contributed by atoms with Gasteiger partial charge in [-0.15, -0.1) is 0 Å². The van der Waals surface area contributed by atoms with E-state index in [1.54, 1.807) is 0 Å². The summed E-state index contributed by atoms with van der Waals surface area (Å²) < 4.78 is 12.7. The number of Topliss-reactive ketones (excluding diaryl/α,β-unsaturated/α-hetero) is 1. The van der Waals surface area contributed by atoms with Crippen LogP contribution < -0.4 is 0 Å². The van der Waals surface area contributed by atoms with E-state index < -0.39 is 11.8 Å². The summed E-state index contributed by atoms with van der Waals surface area (Å²) in [5.74, 6) is -1.88. The number of carboxylic acid groups (broad SMARTS) is 1. The summed E-state index contributed by atoms with van der Waals surface area (Å²) in [6.07, 6.45) is -0.325. The lowest BCUT2D eigenvalue weighted by Gasteiger charge is -1.98. The highest BCUT2D eigenvalue weighted by Crippen LogP contribution is 2.07. The van der Waals surface area contributed by atoms with Gasteiger partial charge in [0.25, 0.3) is 0 Å². The second-order valence-electron chi connectivity index (χ2n) is 2.83. The number of carboxylic acids is 1. The maximum atomic E-state index is 12.7. The van der Waals surface area contributed by atoms with Crippen LogP contribution in [-0.4, -0.2) is 16.9 Å². The van der Waals surface area contributed by atoms with Crippen molar-refractivity contribution in [3.05, 3.63) is 35.6 Å². The lowest BCUT2D eigenvalue weighted by molar-refractivity contribution is -0.136. The summed E-state index contributed by atoms with van der Waals surface area (Å²) in [7, 11) is 0. The van der Waals surface area contributed by atoms with Gasteiger partial charge >= 0.3 is 5.97 Å². The van der Waals surface area contributed by atoms with Crippen LogP contribution in [0.25, 0.3) is 0 Å². The molecular formula is C10H9FO3. The molecule has 1 aromatic carbocycles. The monoisotopic (exact) mass is 196 g/mol. The van der Waals surface area contributed by atoms with Crippen LogP contribution in [0.15, 0.2) is 24.3 Å². The van der Waals surface area contributed by atoms with Crippen molar-refractivity contribution >= 4 is 11.8 Å². The normalized spacial score (nSPS) is 9.79. The summed E-state index contributed by atoms with van der Waals surface area (Å²) in [4.78, 5) is 21.4. The SMILES string of the molecule is O=C(O)CCC(=O)c1cccc(F)c1. The van der Waals surface area contributed by atoms with E-state index in [0.717, 1.165) is 6.07 Å². The van der Waals surface area contributed by atoms with Crippen molar-refractivity contribution in [3.63, 3.8) is 0 Å². The highest BCUT2D eigenvalue weighted by Gasteiger charge is 2.08. The highest BCUT2D eigenvalue weighted by atomic mass is 19.1. The first-order valence-electron chi connectivity index (χ1n) is 4.10. The minimum Gasteiger partial charge on any atom is -0.481 e. The van der Waals surface area contributed by atoms with Gasteiger partial charge in [-0.05, 0) is 12.1 Å². The van der Waals surface area contributed by atoms with Crippen molar-refractivity contribution in [1.82, 2.24) is 0 Å². The van der Waals surface area contributed by atoms with Crippen LogP contribution in [0.2, 0.25) is 0 Å². The van der Waals surface area contributed by atoms with Gasteiger partial charge in [0.05, 0.1) is 6.42 Å². The summed E-state index contributed by atoms with van der Waals surface area (Å²) >= 11 is 0. The maximum absolute atomic E-state index is 12.7. The van der Waals surface area contributed by atoms with Gasteiger partial charge in [-0.2, -0.15) is 0 Å². The molecule has 0 aliphatic rings. The molecule has 0 radical (unpaired) electrons. The first kappa shape index (κ1) is 10.4. The predicted octanol–water partition coefficient (Wildman–Crippen LogP) is 1.87. The molecule has 0 heterocycles. The molecule has 14 heavy (non-hydrogen) atoms. The van der Waals surface area contributed by atoms with Gasteiger partial charge in [0, 0.05) is 12.0 Å². The molecule has 0 fully saturated rings. The molecule has 74 valence electrons. The van der Waals surface area contributed by atoms with E-state index in [2.05, 4.69) is 0 Å². The Morgan fingerprint density at radius 2 is 2.00 bits per heavy atom. The Hall–Kier alpha value is -1.71. The molecule has 0 aromatic heterocycles. The Morgan fingerprint density at radius 3 is 2.57 bits per heavy atom. The van der Waals surface area contributed by atoms with Crippen LogP contribution in [0.3, 0.4) is 0 Å². The fourth-order valence-corrected chi connectivity index (χ4v) is 1.03. The molecule has 0 amide bonds. The standard InChI is InChI=1S/C10H9FO3/c11-8-3-1-2-7(6-8)9(12)4-5-10(13)14/h1-3,6H,4-5H2,(H,13,14). The summed E-state index contributed by atoms with van der Waals surface area (Å²) in [6, 6.07) is 5.22. The molecule has 1 aromatic rings. The van der Waals surface area contributed by atoms with E-state index in [1.165, 1.54) is 18.2 Å². The zero-order valence-corrected chi connectivity index (χ0v) is 7.37. The number of hydrogen-bond donors (Lipinski definition) is 1. The van der Waals surface area contributed by atoms with Crippen LogP contribution in [0, 0.1) is 5.82 Å². The van der Waals surface area contributed by atoms with E-state index >= 15 is 0 Å². The van der Waals surface area contributed by atoms with Crippen molar-refractivity contribution in [2.45, 2.75) is 12.8 Å². The molecule has 3 nitrogen and oxygen atoms in total. The second-order valence-corrected chi connectivity index (χ2v) is 2.83. The molecule has 0 aliphatic carbocycles. The van der Waals surface area contributed by atoms with Crippen molar-refractivity contribution < 1.29 is 19.1 Å². The van der Waals surface area contributed by atoms with Gasteiger partial charge in [0.15, 0.2) is 5.78 Å². The number of carbonyl (C=O) groups is 2. The van der Waals surface area contributed by atoms with Crippen molar-refractivity contribution in [2.24, 2.45) is 0 Å². The fourth-order valence-electron chi connectivity index (χ4n) is 1.03. The molecule has 0 atom stereocenters. The van der Waals surface area contributed by atoms with Crippen molar-refractivity contribution in [2.75, 3.05) is 0 Å². The van der Waals surface area contributed by atoms with E-state index in [4.69, 9.17) is 5.11 Å². The molecular weight excluding hydrogens is 187 g/mol. The molecule has 1 N–H and O–H groups in total. The molecule has 1 rings (SSSR count). The fraction of sp³-hybridized carbons (Fsp3) is 0.200. The Balaban J connectivity index is 2.65. The number of aliphatic carboxylic acids is 1. The second kappa shape index (κ2) is 4.50. The van der Waals surface area contributed by atoms with E-state index in [9.17, 15) is 14.0 Å². The van der Waals surface area contributed by atoms with Crippen molar-refractivity contribution in [1.29, 1.82) is 0 Å². The van der Waals surface area contributed by atoms with E-state index in [1.807, 2.05) is 0 Å². The van der Waals surface area contributed by atoms with Gasteiger partial charge in [-0.1, -0.05) is 12.1 Å². The number of ketones is 1. The van der Waals surface area contributed by atoms with Crippen LogP contribution in [0.4, 0.5) is 4.39 Å². The average molecular weight is 196 g/mol. The Morgan fingerprint density at radius 1 is 1.29 bits per heavy atom. The summed E-state index contributed by atoms with van der Waals surface area (Å²) in [5.41, 5.74) is 0.214. The van der Waals surface area contributed by atoms with Crippen LogP contribution in [0.1, 0.15) is 23.2 Å². The lowest BCUT2D eigenvalue weighted by atomic mass is 10.1. The number of rotatable bonds is 4. The van der Waals surface area contributed by atoms with E-state index in [-0.39, 0.29) is 24.2 Å². The van der Waals surface area contributed by atoms with Crippen LogP contribution >= 0.6 is 0 Å². The van der Waals surface area contributed by atoms with Crippen LogP contribution in [-0.2, 0) is 4.79 Å². The number of halogens is 1. The number of hydrogen-bond acceptors (Lipinski definition) is 2. The Kier molecular flexibility index (Phi) is 3.34. The average Bonchev–Trinajstić information content (AvgIpc) is 2.14. The first-order chi connectivity index (χ1) is 6.59. The van der Waals surface area contributed by atoms with Gasteiger partial charge in [-0.25, -0.2) is 4.39 Å². The van der Waals surface area contributed by atoms with Gasteiger partial charge < -0.3 is 5.11 Å². The molecule has 0 spiro atoms. The molecule has 0 saturated carbocycles. The summed E-state index contributed by atoms with van der Waals surface area (Å²) in [5, 5.41) is 8.34. The lowest BCUT2D eigenvalue weighted by Crippen LogP contribution is -2.03. The van der Waals surface area contributed by atoms with Crippen molar-refractivity contribution in [3.8, 4) is 0 Å². The molecule has 4 heteroatoms. The summed E-state index contributed by atoms with van der Waals surface area (Å²) in [6.45, 7) is 0. The zero-order chi connectivity index (χ0) is 10.6. The van der Waals surface area contributed by atoms with E-state index in [0.29, 0.717) is 0 Å². The van der Waals surface area contributed by atoms with Gasteiger partial charge in [-0.3, -0.25) is 9.59 Å². The highest BCUT2D eigenvalue weighted by molar-refractivity contribution is 5.97. The number of carbonyl (C=O) groups excluding carboxylic acids is 1. The topological polar surface area (TPSA) is 54.4 Å². The third-order valence-corrected chi connectivity index (χ3v) is 1.71. The van der Waals surface area contributed by atoms with Gasteiger partial charge in [0.2, 0.25) is 0 Å². The maximum Gasteiger partial charge on any atom is 0.303 e. The minimum absolute atomic E-state index is 0.0984. The smallest absolute Gasteiger partial charge is 0.303 e. The van der Waals surface area contributed by atoms with Crippen LogP contribution in [0.5, 0.6) is 0 Å².